The van der Waals surface area contributed by atoms with Crippen molar-refractivity contribution in [3.63, 3.8) is 0 Å². The van der Waals surface area contributed by atoms with Crippen LogP contribution in [0.3, 0.4) is 0 Å². The molecule has 3 nitrogen and oxygen atoms in total. The SMILES string of the molecule is N#Cc1cc(Br)ccc1C1OCCO1. The van der Waals surface area contributed by atoms with Gasteiger partial charge in [0.1, 0.15) is 0 Å². The van der Waals surface area contributed by atoms with Crippen LogP contribution in [0.15, 0.2) is 22.7 Å². The van der Waals surface area contributed by atoms with E-state index in [0.29, 0.717) is 18.8 Å². The van der Waals surface area contributed by atoms with Gasteiger partial charge in [0.25, 0.3) is 0 Å². The molecule has 0 aliphatic carbocycles. The Balaban J connectivity index is 2.37. The Morgan fingerprint density at radius 2 is 2.07 bits per heavy atom. The van der Waals surface area contributed by atoms with Crippen molar-refractivity contribution in [1.29, 1.82) is 5.26 Å². The van der Waals surface area contributed by atoms with Crippen LogP contribution in [0.5, 0.6) is 0 Å². The zero-order valence-electron chi connectivity index (χ0n) is 7.37. The second kappa shape index (κ2) is 4.09. The van der Waals surface area contributed by atoms with E-state index in [-0.39, 0.29) is 6.29 Å². The van der Waals surface area contributed by atoms with Crippen LogP contribution in [0.1, 0.15) is 17.4 Å². The summed E-state index contributed by atoms with van der Waals surface area (Å²) >= 11 is 3.31. The fraction of sp³-hybridized carbons (Fsp3) is 0.300. The molecule has 0 aromatic heterocycles. The number of nitrogens with zero attached hydrogens (tertiary/aromatic N) is 1. The topological polar surface area (TPSA) is 42.2 Å². The summed E-state index contributed by atoms with van der Waals surface area (Å²) < 4.78 is 11.6. The minimum Gasteiger partial charge on any atom is -0.346 e. The molecule has 0 N–H and O–H groups in total. The van der Waals surface area contributed by atoms with E-state index in [0.717, 1.165) is 10.0 Å². The first-order valence-corrected chi connectivity index (χ1v) is 5.03. The average molecular weight is 254 g/mol. The standard InChI is InChI=1S/C10H8BrNO2/c11-8-1-2-9(7(5-8)6-12)10-13-3-4-14-10/h1-2,5,10H,3-4H2. The van der Waals surface area contributed by atoms with Gasteiger partial charge in [-0.15, -0.1) is 0 Å². The van der Waals surface area contributed by atoms with E-state index in [4.69, 9.17) is 14.7 Å². The van der Waals surface area contributed by atoms with Crippen molar-refractivity contribution in [1.82, 2.24) is 0 Å². The molecule has 0 spiro atoms. The molecule has 14 heavy (non-hydrogen) atoms. The van der Waals surface area contributed by atoms with Gasteiger partial charge in [-0.1, -0.05) is 22.0 Å². The Kier molecular flexibility index (Phi) is 2.82. The molecule has 0 atom stereocenters. The van der Waals surface area contributed by atoms with E-state index < -0.39 is 0 Å². The average Bonchev–Trinajstić information content (AvgIpc) is 2.70. The van der Waals surface area contributed by atoms with Gasteiger partial charge in [-0.05, 0) is 12.1 Å². The molecule has 2 rings (SSSR count). The molecule has 4 heteroatoms. The van der Waals surface area contributed by atoms with Crippen molar-refractivity contribution in [2.75, 3.05) is 13.2 Å². The number of nitriles is 1. The van der Waals surface area contributed by atoms with Crippen LogP contribution < -0.4 is 0 Å². The number of hydrogen-bond acceptors (Lipinski definition) is 3. The predicted molar refractivity (Wildman–Crippen MR) is 53.5 cm³/mol. The second-order valence-corrected chi connectivity index (χ2v) is 3.83. The summed E-state index contributed by atoms with van der Waals surface area (Å²) in [7, 11) is 0. The molecule has 0 bridgehead atoms. The molecule has 1 saturated heterocycles. The van der Waals surface area contributed by atoms with E-state index in [1.54, 1.807) is 6.07 Å². The summed E-state index contributed by atoms with van der Waals surface area (Å²) in [5.41, 5.74) is 1.39. The lowest BCUT2D eigenvalue weighted by molar-refractivity contribution is -0.0443. The molecular weight excluding hydrogens is 246 g/mol. The summed E-state index contributed by atoms with van der Waals surface area (Å²) in [6.45, 7) is 1.18. The van der Waals surface area contributed by atoms with Crippen molar-refractivity contribution in [3.05, 3.63) is 33.8 Å². The summed E-state index contributed by atoms with van der Waals surface area (Å²) in [6, 6.07) is 7.61. The fourth-order valence-electron chi connectivity index (χ4n) is 1.37. The number of rotatable bonds is 1. The summed E-state index contributed by atoms with van der Waals surface area (Å²) in [5.74, 6) is 0. The Morgan fingerprint density at radius 3 is 2.71 bits per heavy atom. The maximum absolute atomic E-state index is 8.92. The van der Waals surface area contributed by atoms with Gasteiger partial charge in [0.05, 0.1) is 24.8 Å². The van der Waals surface area contributed by atoms with Gasteiger partial charge in [0, 0.05) is 10.0 Å². The largest absolute Gasteiger partial charge is 0.346 e. The highest BCUT2D eigenvalue weighted by molar-refractivity contribution is 9.10. The highest BCUT2D eigenvalue weighted by atomic mass is 79.9. The molecule has 0 unspecified atom stereocenters. The maximum atomic E-state index is 8.92. The third-order valence-electron chi connectivity index (χ3n) is 2.01. The zero-order valence-corrected chi connectivity index (χ0v) is 8.95. The molecule has 1 heterocycles. The van der Waals surface area contributed by atoms with Crippen LogP contribution in [0.25, 0.3) is 0 Å². The van der Waals surface area contributed by atoms with Crippen LogP contribution >= 0.6 is 15.9 Å². The van der Waals surface area contributed by atoms with Crippen molar-refractivity contribution in [2.24, 2.45) is 0 Å². The van der Waals surface area contributed by atoms with E-state index in [2.05, 4.69) is 22.0 Å². The number of halogens is 1. The number of hydrogen-bond donors (Lipinski definition) is 0. The van der Waals surface area contributed by atoms with Gasteiger partial charge < -0.3 is 9.47 Å². The third kappa shape index (κ3) is 1.80. The van der Waals surface area contributed by atoms with E-state index in [9.17, 15) is 0 Å². The normalized spacial score (nSPS) is 16.9. The van der Waals surface area contributed by atoms with Crippen molar-refractivity contribution in [3.8, 4) is 6.07 Å². The smallest absolute Gasteiger partial charge is 0.185 e. The Bertz CT molecular complexity index is 380. The molecule has 0 amide bonds. The quantitative estimate of drug-likeness (QED) is 0.772. The van der Waals surface area contributed by atoms with E-state index in [1.807, 2.05) is 12.1 Å². The second-order valence-electron chi connectivity index (χ2n) is 2.92. The Hall–Kier alpha value is -0.890. The van der Waals surface area contributed by atoms with Gasteiger partial charge in [-0.25, -0.2) is 0 Å². The maximum Gasteiger partial charge on any atom is 0.185 e. The van der Waals surface area contributed by atoms with Crippen LogP contribution in [0, 0.1) is 11.3 Å². The van der Waals surface area contributed by atoms with E-state index >= 15 is 0 Å². The highest BCUT2D eigenvalue weighted by Gasteiger charge is 2.21. The van der Waals surface area contributed by atoms with Crippen LogP contribution in [-0.2, 0) is 9.47 Å². The van der Waals surface area contributed by atoms with Gasteiger partial charge >= 0.3 is 0 Å². The highest BCUT2D eigenvalue weighted by Crippen LogP contribution is 2.27. The van der Waals surface area contributed by atoms with Gasteiger partial charge in [-0.2, -0.15) is 5.26 Å². The van der Waals surface area contributed by atoms with Crippen LogP contribution in [0.4, 0.5) is 0 Å². The molecule has 1 aromatic rings. The molecular formula is C10H8BrNO2. The van der Waals surface area contributed by atoms with Gasteiger partial charge in [0.15, 0.2) is 6.29 Å². The first-order valence-electron chi connectivity index (χ1n) is 4.24. The minimum atomic E-state index is -0.377. The Labute approximate surface area is 90.4 Å². The molecule has 0 saturated carbocycles. The van der Waals surface area contributed by atoms with E-state index in [1.165, 1.54) is 0 Å². The fourth-order valence-corrected chi connectivity index (χ4v) is 1.73. The van der Waals surface area contributed by atoms with Gasteiger partial charge in [0.2, 0.25) is 0 Å². The molecule has 1 aliphatic heterocycles. The zero-order chi connectivity index (χ0) is 9.97. The summed E-state index contributed by atoms with van der Waals surface area (Å²) in [6.07, 6.45) is -0.377. The third-order valence-corrected chi connectivity index (χ3v) is 2.50. The van der Waals surface area contributed by atoms with Crippen molar-refractivity contribution >= 4 is 15.9 Å². The summed E-state index contributed by atoms with van der Waals surface area (Å²) in [5, 5.41) is 8.92. The number of ether oxygens (including phenoxy) is 2. The van der Waals surface area contributed by atoms with Crippen LogP contribution in [0.2, 0.25) is 0 Å². The van der Waals surface area contributed by atoms with Crippen LogP contribution in [-0.4, -0.2) is 13.2 Å². The minimum absolute atomic E-state index is 0.377. The lowest BCUT2D eigenvalue weighted by Gasteiger charge is -2.10. The predicted octanol–water partition coefficient (Wildman–Crippen LogP) is 2.37. The lowest BCUT2D eigenvalue weighted by atomic mass is 10.1. The summed E-state index contributed by atoms with van der Waals surface area (Å²) in [4.78, 5) is 0. The van der Waals surface area contributed by atoms with Crippen molar-refractivity contribution < 1.29 is 9.47 Å². The molecule has 1 fully saturated rings. The number of benzene rings is 1. The first-order chi connectivity index (χ1) is 6.81. The Morgan fingerprint density at radius 1 is 1.36 bits per heavy atom. The monoisotopic (exact) mass is 253 g/mol. The molecule has 0 radical (unpaired) electrons. The molecule has 72 valence electrons. The van der Waals surface area contributed by atoms with Crippen molar-refractivity contribution in [2.45, 2.75) is 6.29 Å². The molecule has 1 aliphatic rings. The first kappa shape index (κ1) is 9.66. The lowest BCUT2D eigenvalue weighted by Crippen LogP contribution is -2.00. The molecule has 1 aromatic carbocycles. The van der Waals surface area contributed by atoms with Gasteiger partial charge in [-0.3, -0.25) is 0 Å².